The summed E-state index contributed by atoms with van der Waals surface area (Å²) in [6, 6.07) is 19.0. The highest BCUT2D eigenvalue weighted by Gasteiger charge is 2.11. The third-order valence-corrected chi connectivity index (χ3v) is 5.03. The summed E-state index contributed by atoms with van der Waals surface area (Å²) in [5.74, 6) is 1.69. The number of aromatic nitrogens is 2. The first kappa shape index (κ1) is 21.8. The molecule has 0 fully saturated rings. The van der Waals surface area contributed by atoms with Crippen LogP contribution < -0.4 is 20.1 Å². The van der Waals surface area contributed by atoms with Crippen molar-refractivity contribution in [2.24, 2.45) is 0 Å². The Morgan fingerprint density at radius 2 is 1.67 bits per heavy atom. The molecule has 0 spiro atoms. The van der Waals surface area contributed by atoms with Crippen LogP contribution in [-0.2, 0) is 4.79 Å². The van der Waals surface area contributed by atoms with Crippen molar-refractivity contribution in [1.29, 1.82) is 0 Å². The number of amides is 1. The largest absolute Gasteiger partial charge is 0.493 e. The van der Waals surface area contributed by atoms with Crippen LogP contribution in [0.3, 0.4) is 0 Å². The van der Waals surface area contributed by atoms with Crippen molar-refractivity contribution >= 4 is 40.1 Å². The Morgan fingerprint density at radius 1 is 0.909 bits per heavy atom. The SMILES string of the molecule is COc1cc2ncnc(Nc3ccc(C=CC(=O)Nc4cccc(C)c4)cc3)c2cc1OC. The standard InChI is InChI=1S/C26H24N4O3/c1-17-5-4-6-20(13-17)29-25(31)12-9-18-7-10-19(11-8-18)30-26-21-14-23(32-2)24(33-3)15-22(21)27-16-28-26/h4-16H,1-3H3,(H,29,31)(H,27,28,30). The first-order valence-corrected chi connectivity index (χ1v) is 10.4. The van der Waals surface area contributed by atoms with Crippen LogP contribution in [0.5, 0.6) is 11.5 Å². The van der Waals surface area contributed by atoms with E-state index in [-0.39, 0.29) is 5.91 Å². The summed E-state index contributed by atoms with van der Waals surface area (Å²) in [7, 11) is 3.18. The molecule has 2 N–H and O–H groups in total. The molecule has 7 heteroatoms. The molecule has 0 aliphatic carbocycles. The van der Waals surface area contributed by atoms with E-state index in [4.69, 9.17) is 9.47 Å². The zero-order chi connectivity index (χ0) is 23.2. The summed E-state index contributed by atoms with van der Waals surface area (Å²) in [5.41, 5.74) is 4.36. The number of nitrogens with zero attached hydrogens (tertiary/aromatic N) is 2. The predicted octanol–water partition coefficient (Wildman–Crippen LogP) is 5.35. The number of benzene rings is 3. The highest BCUT2D eigenvalue weighted by molar-refractivity contribution is 6.02. The fraction of sp³-hybridized carbons (Fsp3) is 0.115. The second kappa shape index (κ2) is 9.82. The molecule has 4 aromatic rings. The molecule has 0 unspecified atom stereocenters. The number of nitrogens with one attached hydrogen (secondary N) is 2. The number of rotatable bonds is 7. The van der Waals surface area contributed by atoms with Gasteiger partial charge in [0.1, 0.15) is 12.1 Å². The molecule has 0 aliphatic rings. The number of hydrogen-bond acceptors (Lipinski definition) is 6. The van der Waals surface area contributed by atoms with Gasteiger partial charge in [-0.1, -0.05) is 24.3 Å². The van der Waals surface area contributed by atoms with E-state index in [1.165, 1.54) is 12.4 Å². The third kappa shape index (κ3) is 5.27. The lowest BCUT2D eigenvalue weighted by atomic mass is 10.1. The zero-order valence-electron chi connectivity index (χ0n) is 18.6. The summed E-state index contributed by atoms with van der Waals surface area (Å²) < 4.78 is 10.8. The molecule has 1 aromatic heterocycles. The van der Waals surface area contributed by atoms with Gasteiger partial charge in [0.25, 0.3) is 0 Å². The number of ether oxygens (including phenoxy) is 2. The minimum absolute atomic E-state index is 0.181. The molecular weight excluding hydrogens is 416 g/mol. The maximum atomic E-state index is 12.2. The van der Waals surface area contributed by atoms with Gasteiger partial charge in [0.05, 0.1) is 19.7 Å². The molecule has 1 amide bonds. The first-order chi connectivity index (χ1) is 16.1. The fourth-order valence-electron chi connectivity index (χ4n) is 3.38. The minimum atomic E-state index is -0.181. The highest BCUT2D eigenvalue weighted by Crippen LogP contribution is 2.34. The average Bonchev–Trinajstić information content (AvgIpc) is 2.83. The van der Waals surface area contributed by atoms with Crippen LogP contribution in [0.2, 0.25) is 0 Å². The summed E-state index contributed by atoms with van der Waals surface area (Å²) in [6.45, 7) is 1.98. The van der Waals surface area contributed by atoms with E-state index in [0.717, 1.165) is 33.4 Å². The Bertz CT molecular complexity index is 1320. The number of carbonyl (C=O) groups is 1. The van der Waals surface area contributed by atoms with E-state index in [9.17, 15) is 4.79 Å². The van der Waals surface area contributed by atoms with Gasteiger partial charge in [-0.25, -0.2) is 9.97 Å². The maximum Gasteiger partial charge on any atom is 0.248 e. The van der Waals surface area contributed by atoms with E-state index >= 15 is 0 Å². The predicted molar refractivity (Wildman–Crippen MR) is 131 cm³/mol. The van der Waals surface area contributed by atoms with E-state index < -0.39 is 0 Å². The fourth-order valence-corrected chi connectivity index (χ4v) is 3.38. The van der Waals surface area contributed by atoms with Crippen molar-refractivity contribution < 1.29 is 14.3 Å². The van der Waals surface area contributed by atoms with Gasteiger partial charge in [0, 0.05) is 28.9 Å². The van der Waals surface area contributed by atoms with Crippen molar-refractivity contribution in [2.75, 3.05) is 24.9 Å². The molecule has 33 heavy (non-hydrogen) atoms. The van der Waals surface area contributed by atoms with E-state index in [0.29, 0.717) is 17.3 Å². The highest BCUT2D eigenvalue weighted by atomic mass is 16.5. The van der Waals surface area contributed by atoms with Crippen LogP contribution in [0.1, 0.15) is 11.1 Å². The molecule has 0 radical (unpaired) electrons. The zero-order valence-corrected chi connectivity index (χ0v) is 18.6. The first-order valence-electron chi connectivity index (χ1n) is 10.4. The monoisotopic (exact) mass is 440 g/mol. The summed E-state index contributed by atoms with van der Waals surface area (Å²) >= 11 is 0. The number of fused-ring (bicyclic) bond motifs is 1. The van der Waals surface area contributed by atoms with Crippen molar-refractivity contribution in [3.63, 3.8) is 0 Å². The molecular formula is C26H24N4O3. The minimum Gasteiger partial charge on any atom is -0.493 e. The van der Waals surface area contributed by atoms with Gasteiger partial charge < -0.3 is 20.1 Å². The van der Waals surface area contributed by atoms with Crippen LogP contribution in [0.25, 0.3) is 17.0 Å². The summed E-state index contributed by atoms with van der Waals surface area (Å²) in [4.78, 5) is 20.9. The van der Waals surface area contributed by atoms with Gasteiger partial charge in [0.2, 0.25) is 5.91 Å². The number of methoxy groups -OCH3 is 2. The molecule has 166 valence electrons. The average molecular weight is 441 g/mol. The normalized spacial score (nSPS) is 10.9. The molecule has 1 heterocycles. The van der Waals surface area contributed by atoms with Gasteiger partial charge in [-0.2, -0.15) is 0 Å². The maximum absolute atomic E-state index is 12.2. The van der Waals surface area contributed by atoms with E-state index in [2.05, 4.69) is 20.6 Å². The van der Waals surface area contributed by atoms with Crippen LogP contribution in [0.4, 0.5) is 17.2 Å². The van der Waals surface area contributed by atoms with Crippen molar-refractivity contribution in [2.45, 2.75) is 6.92 Å². The summed E-state index contributed by atoms with van der Waals surface area (Å²) in [6.07, 6.45) is 4.79. The van der Waals surface area contributed by atoms with Crippen molar-refractivity contribution in [3.05, 3.63) is 84.2 Å². The number of anilines is 3. The molecule has 3 aromatic carbocycles. The molecule has 0 bridgehead atoms. The number of carbonyl (C=O) groups excluding carboxylic acids is 1. The van der Waals surface area contributed by atoms with E-state index in [1.54, 1.807) is 20.3 Å². The van der Waals surface area contributed by atoms with Gasteiger partial charge in [0.15, 0.2) is 11.5 Å². The van der Waals surface area contributed by atoms with Gasteiger partial charge in [-0.3, -0.25) is 4.79 Å². The van der Waals surface area contributed by atoms with Gasteiger partial charge in [-0.05, 0) is 54.5 Å². The van der Waals surface area contributed by atoms with Crippen molar-refractivity contribution in [3.8, 4) is 11.5 Å². The molecule has 0 atom stereocenters. The Balaban J connectivity index is 1.47. The molecule has 4 rings (SSSR count). The van der Waals surface area contributed by atoms with Gasteiger partial charge in [-0.15, -0.1) is 0 Å². The molecule has 7 nitrogen and oxygen atoms in total. The lowest BCUT2D eigenvalue weighted by Crippen LogP contribution is -2.07. The second-order valence-electron chi connectivity index (χ2n) is 7.39. The molecule has 0 saturated carbocycles. The lowest BCUT2D eigenvalue weighted by molar-refractivity contribution is -0.111. The van der Waals surface area contributed by atoms with Crippen LogP contribution in [0.15, 0.2) is 73.1 Å². The van der Waals surface area contributed by atoms with Gasteiger partial charge >= 0.3 is 0 Å². The second-order valence-corrected chi connectivity index (χ2v) is 7.39. The molecule has 0 aliphatic heterocycles. The van der Waals surface area contributed by atoms with E-state index in [1.807, 2.05) is 67.6 Å². The van der Waals surface area contributed by atoms with Crippen LogP contribution in [0, 0.1) is 6.92 Å². The Hall–Kier alpha value is -4.39. The lowest BCUT2D eigenvalue weighted by Gasteiger charge is -2.12. The number of hydrogen-bond donors (Lipinski definition) is 2. The topological polar surface area (TPSA) is 85.4 Å². The quantitative estimate of drug-likeness (QED) is 0.377. The van der Waals surface area contributed by atoms with Crippen LogP contribution in [-0.4, -0.2) is 30.1 Å². The smallest absolute Gasteiger partial charge is 0.248 e. The Kier molecular flexibility index (Phi) is 6.50. The van der Waals surface area contributed by atoms with Crippen molar-refractivity contribution in [1.82, 2.24) is 9.97 Å². The summed E-state index contributed by atoms with van der Waals surface area (Å²) in [5, 5.41) is 6.99. The molecule has 0 saturated heterocycles. The Labute approximate surface area is 192 Å². The Morgan fingerprint density at radius 3 is 2.39 bits per heavy atom. The third-order valence-electron chi connectivity index (χ3n) is 5.03. The number of aryl methyl sites for hydroxylation is 1. The van der Waals surface area contributed by atoms with Crippen LogP contribution >= 0.6 is 0 Å².